The number of ether oxygens (including phenoxy) is 1. The number of nitrogens with one attached hydrogen (secondary N) is 2. The Morgan fingerprint density at radius 3 is 2.69 bits per heavy atom. The topological polar surface area (TPSA) is 130 Å². The summed E-state index contributed by atoms with van der Waals surface area (Å²) in [6, 6.07) is 15.5. The van der Waals surface area contributed by atoms with Gasteiger partial charge in [0.25, 0.3) is 5.91 Å². The molecule has 32 heavy (non-hydrogen) atoms. The van der Waals surface area contributed by atoms with E-state index in [1.807, 2.05) is 25.1 Å². The Balaban J connectivity index is 1.56. The number of nitrogens with two attached hydrogens (primary N) is 1. The van der Waals surface area contributed by atoms with Crippen molar-refractivity contribution >= 4 is 17.4 Å². The van der Waals surface area contributed by atoms with Crippen LogP contribution in [0.15, 0.2) is 60.8 Å². The van der Waals surface area contributed by atoms with Gasteiger partial charge in [-0.25, -0.2) is 4.98 Å². The van der Waals surface area contributed by atoms with Crippen molar-refractivity contribution in [1.82, 2.24) is 10.3 Å². The Labute approximate surface area is 187 Å². The maximum atomic E-state index is 12.6. The van der Waals surface area contributed by atoms with E-state index in [9.17, 15) is 15.0 Å². The predicted molar refractivity (Wildman–Crippen MR) is 124 cm³/mol. The fourth-order valence-electron chi connectivity index (χ4n) is 3.28. The van der Waals surface area contributed by atoms with Crippen molar-refractivity contribution in [3.05, 3.63) is 77.5 Å². The fourth-order valence-corrected chi connectivity index (χ4v) is 3.28. The number of aromatic nitrogens is 1. The Hall–Kier alpha value is -3.62. The summed E-state index contributed by atoms with van der Waals surface area (Å²) >= 11 is 0. The number of phenolic OH excluding ortho intramolecular Hbond substituents is 1. The van der Waals surface area contributed by atoms with Crippen LogP contribution in [0.5, 0.6) is 11.5 Å². The molecule has 0 unspecified atom stereocenters. The molecule has 1 aromatic heterocycles. The number of anilines is 2. The van der Waals surface area contributed by atoms with Gasteiger partial charge in [-0.2, -0.15) is 0 Å². The summed E-state index contributed by atoms with van der Waals surface area (Å²) in [7, 11) is 1.46. The van der Waals surface area contributed by atoms with Crippen LogP contribution in [-0.4, -0.2) is 40.8 Å². The summed E-state index contributed by atoms with van der Waals surface area (Å²) < 4.78 is 5.01. The molecule has 3 rings (SSSR count). The Bertz CT molecular complexity index is 1060. The molecule has 0 spiro atoms. The second kappa shape index (κ2) is 10.6. The third-order valence-electron chi connectivity index (χ3n) is 5.02. The molecule has 1 heterocycles. The van der Waals surface area contributed by atoms with Crippen LogP contribution in [0.25, 0.3) is 0 Å². The number of methoxy groups -OCH3 is 1. The second-order valence-corrected chi connectivity index (χ2v) is 7.59. The molecule has 8 nitrogen and oxygen atoms in total. The van der Waals surface area contributed by atoms with Crippen molar-refractivity contribution in [3.63, 3.8) is 0 Å². The molecule has 168 valence electrons. The Kier molecular flexibility index (Phi) is 7.64. The summed E-state index contributed by atoms with van der Waals surface area (Å²) in [6.07, 6.45) is 1.55. The molecular formula is C24H28N4O4. The molecular weight excluding hydrogens is 408 g/mol. The Morgan fingerprint density at radius 2 is 2.00 bits per heavy atom. The Morgan fingerprint density at radius 1 is 1.19 bits per heavy atom. The average Bonchev–Trinajstić information content (AvgIpc) is 2.78. The van der Waals surface area contributed by atoms with E-state index in [0.29, 0.717) is 41.3 Å². The number of nitrogens with zero attached hydrogens (tertiary/aromatic N) is 1. The maximum Gasteiger partial charge on any atom is 0.255 e. The van der Waals surface area contributed by atoms with Crippen molar-refractivity contribution in [1.29, 1.82) is 0 Å². The molecule has 0 bridgehead atoms. The molecule has 0 aliphatic heterocycles. The molecule has 2 atom stereocenters. The lowest BCUT2D eigenvalue weighted by Crippen LogP contribution is -2.32. The highest BCUT2D eigenvalue weighted by molar-refractivity contribution is 6.04. The summed E-state index contributed by atoms with van der Waals surface area (Å²) in [6.45, 7) is 2.38. The lowest BCUT2D eigenvalue weighted by Gasteiger charge is -2.18. The normalized spacial score (nSPS) is 12.7. The highest BCUT2D eigenvalue weighted by Gasteiger charge is 2.13. The van der Waals surface area contributed by atoms with Crippen LogP contribution in [-0.2, 0) is 6.42 Å². The van der Waals surface area contributed by atoms with Gasteiger partial charge in [0.15, 0.2) is 11.5 Å². The first-order valence-electron chi connectivity index (χ1n) is 10.3. The van der Waals surface area contributed by atoms with E-state index < -0.39 is 6.10 Å². The van der Waals surface area contributed by atoms with Crippen molar-refractivity contribution in [2.24, 2.45) is 0 Å². The van der Waals surface area contributed by atoms with E-state index in [1.165, 1.54) is 13.2 Å². The summed E-state index contributed by atoms with van der Waals surface area (Å²) in [4.78, 5) is 16.6. The largest absolute Gasteiger partial charge is 0.504 e. The van der Waals surface area contributed by atoms with Gasteiger partial charge in [0.05, 0.1) is 13.2 Å². The van der Waals surface area contributed by atoms with Gasteiger partial charge in [-0.15, -0.1) is 0 Å². The van der Waals surface area contributed by atoms with Gasteiger partial charge in [0, 0.05) is 41.7 Å². The molecule has 0 saturated carbocycles. The lowest BCUT2D eigenvalue weighted by molar-refractivity contribution is 0.102. The smallest absolute Gasteiger partial charge is 0.255 e. The first-order valence-corrected chi connectivity index (χ1v) is 10.3. The highest BCUT2D eigenvalue weighted by Crippen LogP contribution is 2.28. The zero-order valence-corrected chi connectivity index (χ0v) is 18.1. The van der Waals surface area contributed by atoms with Crippen LogP contribution in [0, 0.1) is 0 Å². The number of carbonyl (C=O) groups is 1. The number of benzene rings is 2. The molecule has 8 heteroatoms. The summed E-state index contributed by atoms with van der Waals surface area (Å²) in [5, 5.41) is 26.3. The zero-order chi connectivity index (χ0) is 23.1. The number of aliphatic hydroxyl groups excluding tert-OH is 1. The maximum absolute atomic E-state index is 12.6. The van der Waals surface area contributed by atoms with E-state index >= 15 is 0 Å². The molecule has 0 aliphatic carbocycles. The SMILES string of the molecule is COc1ccc(NC(=O)c2cccc(C[C@@H](C)NC[C@@H](O)c3ccc(N)nc3)c2)cc1O. The second-order valence-electron chi connectivity index (χ2n) is 7.59. The van der Waals surface area contributed by atoms with Crippen LogP contribution >= 0.6 is 0 Å². The number of aliphatic hydroxyl groups is 1. The third-order valence-corrected chi connectivity index (χ3v) is 5.02. The number of phenols is 1. The number of rotatable bonds is 9. The number of amides is 1. The van der Waals surface area contributed by atoms with Crippen molar-refractivity contribution in [2.75, 3.05) is 24.7 Å². The minimum Gasteiger partial charge on any atom is -0.504 e. The van der Waals surface area contributed by atoms with Crippen LogP contribution < -0.4 is 21.1 Å². The number of carbonyl (C=O) groups excluding carboxylic acids is 1. The molecule has 3 aromatic rings. The van der Waals surface area contributed by atoms with Crippen LogP contribution in [0.2, 0.25) is 0 Å². The van der Waals surface area contributed by atoms with Gasteiger partial charge in [-0.1, -0.05) is 18.2 Å². The van der Waals surface area contributed by atoms with E-state index in [4.69, 9.17) is 10.5 Å². The van der Waals surface area contributed by atoms with Gasteiger partial charge >= 0.3 is 0 Å². The van der Waals surface area contributed by atoms with Crippen molar-refractivity contribution in [3.8, 4) is 11.5 Å². The van der Waals surface area contributed by atoms with Crippen LogP contribution in [0.1, 0.15) is 34.5 Å². The van der Waals surface area contributed by atoms with E-state index in [1.54, 1.807) is 36.5 Å². The molecule has 0 fully saturated rings. The van der Waals surface area contributed by atoms with Crippen molar-refractivity contribution < 1.29 is 19.7 Å². The van der Waals surface area contributed by atoms with Crippen molar-refractivity contribution in [2.45, 2.75) is 25.5 Å². The number of hydrogen-bond donors (Lipinski definition) is 5. The summed E-state index contributed by atoms with van der Waals surface area (Å²) in [5.74, 6) is 0.429. The first-order chi connectivity index (χ1) is 15.4. The molecule has 6 N–H and O–H groups in total. The molecule has 2 aromatic carbocycles. The van der Waals surface area contributed by atoms with Gasteiger partial charge < -0.3 is 31.3 Å². The number of nitrogen functional groups attached to an aromatic ring is 1. The molecule has 0 saturated heterocycles. The van der Waals surface area contributed by atoms with Crippen LogP contribution in [0.3, 0.4) is 0 Å². The predicted octanol–water partition coefficient (Wildman–Crippen LogP) is 2.88. The standard InChI is InChI=1S/C24H28N4O4/c1-15(26-14-21(30)18-6-9-23(25)27-13-18)10-16-4-3-5-17(11-16)24(31)28-19-7-8-22(32-2)20(29)12-19/h3-9,11-13,15,21,26,29-30H,10,14H2,1-2H3,(H2,25,27)(H,28,31)/t15-,21-/m1/s1. The first kappa shape index (κ1) is 23.1. The van der Waals surface area contributed by atoms with Gasteiger partial charge in [0.1, 0.15) is 5.82 Å². The monoisotopic (exact) mass is 436 g/mol. The fraction of sp³-hybridized carbons (Fsp3) is 0.250. The highest BCUT2D eigenvalue weighted by atomic mass is 16.5. The summed E-state index contributed by atoms with van der Waals surface area (Å²) in [5.41, 5.74) is 8.24. The van der Waals surface area contributed by atoms with E-state index in [0.717, 1.165) is 5.56 Å². The van der Waals surface area contributed by atoms with E-state index in [-0.39, 0.29) is 17.7 Å². The van der Waals surface area contributed by atoms with Gasteiger partial charge in [-0.05, 0) is 49.2 Å². The number of hydrogen-bond acceptors (Lipinski definition) is 7. The molecule has 1 amide bonds. The zero-order valence-electron chi connectivity index (χ0n) is 18.1. The average molecular weight is 437 g/mol. The lowest BCUT2D eigenvalue weighted by atomic mass is 10.0. The minimum atomic E-state index is -0.691. The number of pyridine rings is 1. The quantitative estimate of drug-likeness (QED) is 0.349. The third kappa shape index (κ3) is 6.19. The van der Waals surface area contributed by atoms with Crippen LogP contribution in [0.4, 0.5) is 11.5 Å². The molecule has 0 aliphatic rings. The van der Waals surface area contributed by atoms with Gasteiger partial charge in [-0.3, -0.25) is 4.79 Å². The number of aromatic hydroxyl groups is 1. The van der Waals surface area contributed by atoms with Gasteiger partial charge in [0.2, 0.25) is 0 Å². The van der Waals surface area contributed by atoms with E-state index in [2.05, 4.69) is 15.6 Å². The minimum absolute atomic E-state index is 0.0455. The molecule has 0 radical (unpaired) electrons.